The van der Waals surface area contributed by atoms with Gasteiger partial charge in [0.2, 0.25) is 0 Å². The fourth-order valence-corrected chi connectivity index (χ4v) is 9.18. The Hall–Kier alpha value is -2.15. The number of anilines is 1. The molecule has 3 saturated carbocycles. The molecule has 35 heavy (non-hydrogen) atoms. The molecule has 0 saturated heterocycles. The smallest absolute Gasteiger partial charge is 0.260 e. The highest BCUT2D eigenvalue weighted by atomic mass is 32.2. The molecule has 4 aliphatic rings. The molecule has 1 aromatic rings. The first-order chi connectivity index (χ1) is 16.5. The van der Waals surface area contributed by atoms with Crippen LogP contribution in [0.15, 0.2) is 40.8 Å². The van der Waals surface area contributed by atoms with Crippen LogP contribution in [0, 0.1) is 28.6 Å². The molecule has 6 nitrogen and oxygen atoms in total. The first-order valence-electron chi connectivity index (χ1n) is 13.1. The zero-order valence-corrected chi connectivity index (χ0v) is 22.2. The second kappa shape index (κ2) is 8.46. The molecule has 190 valence electrons. The molecular formula is C28H38N2O4S. The molecular weight excluding hydrogens is 460 g/mol. The third-order valence-electron chi connectivity index (χ3n) is 9.95. The van der Waals surface area contributed by atoms with Crippen LogP contribution in [-0.4, -0.2) is 44.0 Å². The molecule has 5 rings (SSSR count). The summed E-state index contributed by atoms with van der Waals surface area (Å²) in [6.07, 6.45) is 11.5. The molecule has 0 radical (unpaired) electrons. The van der Waals surface area contributed by atoms with Crippen molar-refractivity contribution in [1.29, 1.82) is 0 Å². The summed E-state index contributed by atoms with van der Waals surface area (Å²) >= 11 is 0. The highest BCUT2D eigenvalue weighted by Gasteiger charge is 2.59. The van der Waals surface area contributed by atoms with E-state index in [1.165, 1.54) is 31.7 Å². The number of sulfone groups is 1. The summed E-state index contributed by atoms with van der Waals surface area (Å²) in [5.41, 5.74) is 0.539. The highest BCUT2D eigenvalue weighted by molar-refractivity contribution is 7.90. The molecule has 1 aliphatic heterocycles. The van der Waals surface area contributed by atoms with Crippen molar-refractivity contribution in [2.45, 2.75) is 76.7 Å². The Balaban J connectivity index is 1.52. The zero-order valence-electron chi connectivity index (χ0n) is 21.3. The Bertz CT molecular complexity index is 1190. The van der Waals surface area contributed by atoms with E-state index in [-0.39, 0.29) is 33.5 Å². The number of hydrogen-bond acceptors (Lipinski definition) is 4. The molecule has 1 heterocycles. The third kappa shape index (κ3) is 3.85. The number of benzene rings is 1. The number of amides is 2. The van der Waals surface area contributed by atoms with E-state index < -0.39 is 15.7 Å². The second-order valence-electron chi connectivity index (χ2n) is 11.8. The summed E-state index contributed by atoms with van der Waals surface area (Å²) in [4.78, 5) is 29.0. The number of carbonyl (C=O) groups excluding carboxylic acids is 2. The number of nitrogens with one attached hydrogen (secondary N) is 1. The Morgan fingerprint density at radius 1 is 1.09 bits per heavy atom. The minimum atomic E-state index is -3.53. The maximum atomic E-state index is 13.5. The number of fused-ring (bicyclic) bond motifs is 5. The van der Waals surface area contributed by atoms with Gasteiger partial charge >= 0.3 is 0 Å². The van der Waals surface area contributed by atoms with Gasteiger partial charge in [0.25, 0.3) is 11.8 Å². The fourth-order valence-electron chi connectivity index (χ4n) is 8.34. The van der Waals surface area contributed by atoms with Gasteiger partial charge in [0.1, 0.15) is 5.57 Å². The number of likely N-dealkylation sites (N-methyl/N-ethyl adjacent to an activating group) is 1. The number of nitrogens with zero attached hydrogens (tertiary/aromatic N) is 1. The lowest BCUT2D eigenvalue weighted by Gasteiger charge is -2.60. The van der Waals surface area contributed by atoms with Gasteiger partial charge < -0.3 is 10.2 Å². The molecule has 1 N–H and O–H groups in total. The number of carbonyl (C=O) groups is 2. The summed E-state index contributed by atoms with van der Waals surface area (Å²) < 4.78 is 24.5. The standard InChI is InChI=1S/C28H38N2O4S/c1-5-30-24-13-12-18-20-9-8-15-27(20,2)16-14-21(18)28(24,3)17-19(26(30)32)25(31)29-22-10-6-7-11-23(22)35(4,33)34/h6-7,10-11,17-18,20-21,24H,5,8-9,12-16H2,1-4H3,(H,29,31)/t18-,20-,21+,24?,27-,28+/m0/s1. The second-order valence-corrected chi connectivity index (χ2v) is 13.8. The van der Waals surface area contributed by atoms with Gasteiger partial charge in [-0.3, -0.25) is 9.59 Å². The first-order valence-corrected chi connectivity index (χ1v) is 15.0. The zero-order chi connectivity index (χ0) is 25.2. The summed E-state index contributed by atoms with van der Waals surface area (Å²) in [6.45, 7) is 7.28. The van der Waals surface area contributed by atoms with Crippen LogP contribution in [0.3, 0.4) is 0 Å². The van der Waals surface area contributed by atoms with Gasteiger partial charge in [-0.05, 0) is 80.8 Å². The van der Waals surface area contributed by atoms with Gasteiger partial charge in [-0.2, -0.15) is 0 Å². The summed E-state index contributed by atoms with van der Waals surface area (Å²) in [5.74, 6) is 1.05. The van der Waals surface area contributed by atoms with E-state index in [0.717, 1.165) is 31.4 Å². The van der Waals surface area contributed by atoms with Gasteiger partial charge in [-0.15, -0.1) is 0 Å². The first kappa shape index (κ1) is 24.5. The number of para-hydroxylation sites is 1. The Morgan fingerprint density at radius 3 is 2.54 bits per heavy atom. The molecule has 0 aromatic heterocycles. The number of hydrogen-bond donors (Lipinski definition) is 1. The molecule has 6 atom stereocenters. The predicted octanol–water partition coefficient (Wildman–Crippen LogP) is 4.82. The van der Waals surface area contributed by atoms with Crippen LogP contribution < -0.4 is 5.32 Å². The van der Waals surface area contributed by atoms with Crippen molar-refractivity contribution in [1.82, 2.24) is 4.90 Å². The van der Waals surface area contributed by atoms with Crippen molar-refractivity contribution in [3.63, 3.8) is 0 Å². The van der Waals surface area contributed by atoms with Crippen LogP contribution >= 0.6 is 0 Å². The summed E-state index contributed by atoms with van der Waals surface area (Å²) in [6, 6.07) is 6.46. The van der Waals surface area contributed by atoms with Crippen LogP contribution in [0.4, 0.5) is 5.69 Å². The van der Waals surface area contributed by atoms with Crippen molar-refractivity contribution in [2.24, 2.45) is 28.6 Å². The SMILES string of the molecule is CCN1C(=O)C(C(=O)Nc2ccccc2S(C)(=O)=O)=C[C@@]2(C)C1CC[C@@H]1[C@H]2CC[C@]2(C)CCC[C@@H]12. The monoisotopic (exact) mass is 498 g/mol. The lowest BCUT2D eigenvalue weighted by Crippen LogP contribution is -2.61. The number of rotatable bonds is 4. The van der Waals surface area contributed by atoms with Gasteiger partial charge in [-0.25, -0.2) is 8.42 Å². The van der Waals surface area contributed by atoms with E-state index in [0.29, 0.717) is 23.8 Å². The van der Waals surface area contributed by atoms with E-state index in [1.807, 2.05) is 17.9 Å². The van der Waals surface area contributed by atoms with Crippen molar-refractivity contribution in [3.8, 4) is 0 Å². The largest absolute Gasteiger partial charge is 0.335 e. The normalized spacial score (nSPS) is 36.6. The summed E-state index contributed by atoms with van der Waals surface area (Å²) in [5, 5.41) is 2.76. The summed E-state index contributed by atoms with van der Waals surface area (Å²) in [7, 11) is -3.53. The third-order valence-corrected chi connectivity index (χ3v) is 11.1. The van der Waals surface area contributed by atoms with E-state index in [9.17, 15) is 18.0 Å². The Kier molecular flexibility index (Phi) is 5.93. The van der Waals surface area contributed by atoms with Crippen molar-refractivity contribution < 1.29 is 18.0 Å². The average Bonchev–Trinajstić information content (AvgIpc) is 3.20. The predicted molar refractivity (Wildman–Crippen MR) is 136 cm³/mol. The highest BCUT2D eigenvalue weighted by Crippen LogP contribution is 2.64. The minimum absolute atomic E-state index is 0.0548. The van der Waals surface area contributed by atoms with Crippen LogP contribution in [0.5, 0.6) is 0 Å². The fraction of sp³-hybridized carbons (Fsp3) is 0.643. The van der Waals surface area contributed by atoms with Crippen molar-refractivity contribution >= 4 is 27.3 Å². The van der Waals surface area contributed by atoms with Gasteiger partial charge in [0.15, 0.2) is 9.84 Å². The van der Waals surface area contributed by atoms with Gasteiger partial charge in [-0.1, -0.05) is 38.5 Å². The lowest BCUT2D eigenvalue weighted by atomic mass is 9.48. The van der Waals surface area contributed by atoms with Crippen LogP contribution in [0.2, 0.25) is 0 Å². The topological polar surface area (TPSA) is 83.6 Å². The average molecular weight is 499 g/mol. The van der Waals surface area contributed by atoms with E-state index in [1.54, 1.807) is 18.2 Å². The molecule has 7 heteroatoms. The minimum Gasteiger partial charge on any atom is -0.335 e. The maximum absolute atomic E-state index is 13.5. The van der Waals surface area contributed by atoms with E-state index >= 15 is 0 Å². The Morgan fingerprint density at radius 2 is 1.83 bits per heavy atom. The molecule has 2 amide bonds. The van der Waals surface area contributed by atoms with Gasteiger partial charge in [0, 0.05) is 24.3 Å². The molecule has 1 aromatic carbocycles. The van der Waals surface area contributed by atoms with Crippen molar-refractivity contribution in [2.75, 3.05) is 18.1 Å². The van der Waals surface area contributed by atoms with Crippen LogP contribution in [0.25, 0.3) is 0 Å². The Labute approximate surface area is 209 Å². The molecule has 0 spiro atoms. The molecule has 3 aliphatic carbocycles. The molecule has 3 fully saturated rings. The molecule has 0 bridgehead atoms. The molecule has 1 unspecified atom stereocenters. The van der Waals surface area contributed by atoms with E-state index in [2.05, 4.69) is 19.2 Å². The quantitative estimate of drug-likeness (QED) is 0.604. The lowest BCUT2D eigenvalue weighted by molar-refractivity contribution is -0.143. The van der Waals surface area contributed by atoms with Crippen molar-refractivity contribution in [3.05, 3.63) is 35.9 Å². The van der Waals surface area contributed by atoms with Crippen LogP contribution in [0.1, 0.15) is 65.7 Å². The van der Waals surface area contributed by atoms with E-state index in [4.69, 9.17) is 0 Å². The van der Waals surface area contributed by atoms with Gasteiger partial charge in [0.05, 0.1) is 10.6 Å². The van der Waals surface area contributed by atoms with Crippen LogP contribution in [-0.2, 0) is 19.4 Å². The maximum Gasteiger partial charge on any atom is 0.260 e.